The Balaban J connectivity index is 1.85. The molecule has 112 valence electrons. The molecule has 0 radical (unpaired) electrons. The summed E-state index contributed by atoms with van der Waals surface area (Å²) in [4.78, 5) is 16.2. The molecule has 0 spiro atoms. The van der Waals surface area contributed by atoms with Crippen LogP contribution in [0.15, 0.2) is 48.8 Å². The summed E-state index contributed by atoms with van der Waals surface area (Å²) in [6, 6.07) is 9.09. The fourth-order valence-corrected chi connectivity index (χ4v) is 1.90. The number of alkyl halides is 2. The van der Waals surface area contributed by atoms with Gasteiger partial charge in [-0.2, -0.15) is 13.9 Å². The van der Waals surface area contributed by atoms with Gasteiger partial charge in [0, 0.05) is 18.5 Å². The van der Waals surface area contributed by atoms with Crippen LogP contribution in [0.4, 0.5) is 14.5 Å². The average molecular weight is 304 g/mol. The van der Waals surface area contributed by atoms with Gasteiger partial charge < -0.3 is 10.1 Å². The van der Waals surface area contributed by atoms with E-state index >= 15 is 0 Å². The summed E-state index contributed by atoms with van der Waals surface area (Å²) < 4.78 is 30.5. The van der Waals surface area contributed by atoms with Crippen molar-refractivity contribution in [3.05, 3.63) is 54.5 Å². The number of hydrogen-bond acceptors (Lipinski definition) is 4. The van der Waals surface area contributed by atoms with E-state index in [0.29, 0.717) is 5.65 Å². The molecule has 6 nitrogen and oxygen atoms in total. The van der Waals surface area contributed by atoms with Crippen LogP contribution in [0.25, 0.3) is 5.65 Å². The van der Waals surface area contributed by atoms with E-state index in [1.807, 2.05) is 0 Å². The number of fused-ring (bicyclic) bond motifs is 1. The van der Waals surface area contributed by atoms with E-state index < -0.39 is 12.5 Å². The normalized spacial score (nSPS) is 10.9. The van der Waals surface area contributed by atoms with E-state index in [1.54, 1.807) is 24.5 Å². The molecule has 0 aliphatic carbocycles. The highest BCUT2D eigenvalue weighted by molar-refractivity contribution is 6.04. The van der Waals surface area contributed by atoms with Gasteiger partial charge in [0.2, 0.25) is 0 Å². The number of halogens is 2. The summed E-state index contributed by atoms with van der Waals surface area (Å²) in [7, 11) is 0. The van der Waals surface area contributed by atoms with Crippen LogP contribution >= 0.6 is 0 Å². The maximum Gasteiger partial charge on any atom is 0.387 e. The van der Waals surface area contributed by atoms with E-state index in [-0.39, 0.29) is 17.1 Å². The van der Waals surface area contributed by atoms with Crippen molar-refractivity contribution in [3.63, 3.8) is 0 Å². The molecular formula is C14H10F2N4O2. The lowest BCUT2D eigenvalue weighted by Gasteiger charge is -2.10. The van der Waals surface area contributed by atoms with Crippen LogP contribution in [0.2, 0.25) is 0 Å². The largest absolute Gasteiger partial charge is 0.433 e. The van der Waals surface area contributed by atoms with Gasteiger partial charge in [-0.3, -0.25) is 4.79 Å². The van der Waals surface area contributed by atoms with Crippen molar-refractivity contribution < 1.29 is 18.3 Å². The van der Waals surface area contributed by atoms with Crippen molar-refractivity contribution in [3.8, 4) is 5.75 Å². The molecule has 0 aliphatic rings. The fourth-order valence-electron chi connectivity index (χ4n) is 1.90. The van der Waals surface area contributed by atoms with Crippen LogP contribution in [-0.2, 0) is 0 Å². The maximum atomic E-state index is 12.3. The smallest absolute Gasteiger partial charge is 0.387 e. The van der Waals surface area contributed by atoms with Gasteiger partial charge in [-0.25, -0.2) is 9.50 Å². The van der Waals surface area contributed by atoms with E-state index in [4.69, 9.17) is 0 Å². The molecule has 2 heterocycles. The molecule has 0 atom stereocenters. The maximum absolute atomic E-state index is 12.3. The standard InChI is InChI=1S/C14H10F2N4O2/c15-14(16)22-11-5-2-1-4-9(11)18-13(21)10-8-12-17-6-3-7-20(12)19-10/h1-8,14H,(H,18,21). The molecule has 0 saturated carbocycles. The Morgan fingerprint density at radius 1 is 1.27 bits per heavy atom. The lowest BCUT2D eigenvalue weighted by atomic mass is 10.3. The molecule has 2 aromatic heterocycles. The molecule has 0 unspecified atom stereocenters. The Morgan fingerprint density at radius 2 is 2.09 bits per heavy atom. The second-order valence-electron chi connectivity index (χ2n) is 4.28. The molecule has 1 aromatic carbocycles. The van der Waals surface area contributed by atoms with Crippen molar-refractivity contribution in [1.29, 1.82) is 0 Å². The third kappa shape index (κ3) is 2.85. The van der Waals surface area contributed by atoms with Crippen LogP contribution in [-0.4, -0.2) is 27.1 Å². The molecule has 1 N–H and O–H groups in total. The zero-order chi connectivity index (χ0) is 15.5. The minimum Gasteiger partial charge on any atom is -0.433 e. The number of carbonyl (C=O) groups is 1. The van der Waals surface area contributed by atoms with Crippen LogP contribution in [0.1, 0.15) is 10.5 Å². The molecule has 0 aliphatic heterocycles. The highest BCUT2D eigenvalue weighted by Crippen LogP contribution is 2.25. The Labute approximate surface area is 123 Å². The third-order valence-corrected chi connectivity index (χ3v) is 2.82. The highest BCUT2D eigenvalue weighted by atomic mass is 19.3. The lowest BCUT2D eigenvalue weighted by Crippen LogP contribution is -2.14. The molecule has 3 aromatic rings. The van der Waals surface area contributed by atoms with Crippen molar-refractivity contribution in [1.82, 2.24) is 14.6 Å². The molecule has 0 fully saturated rings. The van der Waals surface area contributed by atoms with E-state index in [0.717, 1.165) is 0 Å². The number of benzene rings is 1. The quantitative estimate of drug-likeness (QED) is 0.804. The summed E-state index contributed by atoms with van der Waals surface area (Å²) in [5, 5.41) is 6.54. The zero-order valence-electron chi connectivity index (χ0n) is 11.1. The predicted molar refractivity (Wildman–Crippen MR) is 74.0 cm³/mol. The second kappa shape index (κ2) is 5.76. The molecule has 3 rings (SSSR count). The third-order valence-electron chi connectivity index (χ3n) is 2.82. The van der Waals surface area contributed by atoms with Gasteiger partial charge >= 0.3 is 6.61 Å². The number of carbonyl (C=O) groups excluding carboxylic acids is 1. The first kappa shape index (κ1) is 13.9. The van der Waals surface area contributed by atoms with Crippen LogP contribution in [0, 0.1) is 0 Å². The molecular weight excluding hydrogens is 294 g/mol. The summed E-state index contributed by atoms with van der Waals surface area (Å²) >= 11 is 0. The monoisotopic (exact) mass is 304 g/mol. The van der Waals surface area contributed by atoms with Gasteiger partial charge in [-0.05, 0) is 18.2 Å². The first-order valence-corrected chi connectivity index (χ1v) is 6.29. The van der Waals surface area contributed by atoms with Gasteiger partial charge in [0.05, 0.1) is 5.69 Å². The SMILES string of the molecule is O=C(Nc1ccccc1OC(F)F)c1cc2ncccn2n1. The summed E-state index contributed by atoms with van der Waals surface area (Å²) in [6.45, 7) is -2.97. The van der Waals surface area contributed by atoms with Crippen LogP contribution in [0.5, 0.6) is 5.75 Å². The second-order valence-corrected chi connectivity index (χ2v) is 4.28. The van der Waals surface area contributed by atoms with E-state index in [2.05, 4.69) is 20.1 Å². The Hall–Kier alpha value is -3.03. The molecule has 22 heavy (non-hydrogen) atoms. The molecule has 0 saturated heterocycles. The minimum absolute atomic E-state index is 0.116. The molecule has 1 amide bonds. The van der Waals surface area contributed by atoms with Crippen molar-refractivity contribution in [2.75, 3.05) is 5.32 Å². The Morgan fingerprint density at radius 3 is 2.86 bits per heavy atom. The van der Waals surface area contributed by atoms with Gasteiger partial charge in [0.1, 0.15) is 5.75 Å². The number of nitrogens with zero attached hydrogens (tertiary/aromatic N) is 3. The van der Waals surface area contributed by atoms with Crippen molar-refractivity contribution in [2.45, 2.75) is 6.61 Å². The van der Waals surface area contributed by atoms with Gasteiger partial charge in [0.25, 0.3) is 5.91 Å². The number of nitrogens with one attached hydrogen (secondary N) is 1. The fraction of sp³-hybridized carbons (Fsp3) is 0.0714. The average Bonchev–Trinajstić information content (AvgIpc) is 2.93. The number of anilines is 1. The van der Waals surface area contributed by atoms with Crippen molar-refractivity contribution >= 4 is 17.2 Å². The number of rotatable bonds is 4. The predicted octanol–water partition coefficient (Wildman–Crippen LogP) is 2.58. The molecule has 0 bridgehead atoms. The number of aromatic nitrogens is 3. The summed E-state index contributed by atoms with van der Waals surface area (Å²) in [5.74, 6) is -0.663. The Bertz CT molecular complexity index is 786. The van der Waals surface area contributed by atoms with Gasteiger partial charge in [-0.15, -0.1) is 0 Å². The van der Waals surface area contributed by atoms with Gasteiger partial charge in [-0.1, -0.05) is 12.1 Å². The number of para-hydroxylation sites is 2. The number of ether oxygens (including phenoxy) is 1. The van der Waals surface area contributed by atoms with E-state index in [9.17, 15) is 13.6 Å². The van der Waals surface area contributed by atoms with E-state index in [1.165, 1.54) is 28.8 Å². The number of hydrogen-bond donors (Lipinski definition) is 1. The van der Waals surface area contributed by atoms with Gasteiger partial charge in [0.15, 0.2) is 11.3 Å². The Kier molecular flexibility index (Phi) is 3.65. The van der Waals surface area contributed by atoms with Crippen LogP contribution < -0.4 is 10.1 Å². The number of amides is 1. The summed E-state index contributed by atoms with van der Waals surface area (Å²) in [6.07, 6.45) is 3.22. The highest BCUT2D eigenvalue weighted by Gasteiger charge is 2.15. The lowest BCUT2D eigenvalue weighted by molar-refractivity contribution is -0.0493. The van der Waals surface area contributed by atoms with Crippen LogP contribution in [0.3, 0.4) is 0 Å². The summed E-state index contributed by atoms with van der Waals surface area (Å²) in [5.41, 5.74) is 0.758. The minimum atomic E-state index is -2.97. The van der Waals surface area contributed by atoms with Crippen molar-refractivity contribution in [2.24, 2.45) is 0 Å². The topological polar surface area (TPSA) is 68.5 Å². The first-order valence-electron chi connectivity index (χ1n) is 6.29. The zero-order valence-corrected chi connectivity index (χ0v) is 11.1. The molecule has 8 heteroatoms. The first-order chi connectivity index (χ1) is 10.6.